The van der Waals surface area contributed by atoms with Crippen LogP contribution in [0.2, 0.25) is 0 Å². The lowest BCUT2D eigenvalue weighted by Crippen LogP contribution is -2.53. The van der Waals surface area contributed by atoms with Crippen molar-refractivity contribution in [2.24, 2.45) is 0 Å². The van der Waals surface area contributed by atoms with Crippen LogP contribution in [0.4, 0.5) is 0 Å². The van der Waals surface area contributed by atoms with Crippen molar-refractivity contribution >= 4 is 11.3 Å². The van der Waals surface area contributed by atoms with Crippen LogP contribution in [0.3, 0.4) is 0 Å². The molecule has 0 radical (unpaired) electrons. The first kappa shape index (κ1) is 15.0. The molecular weight excluding hydrogens is 256 g/mol. The summed E-state index contributed by atoms with van der Waals surface area (Å²) in [6.45, 7) is 11.4. The summed E-state index contributed by atoms with van der Waals surface area (Å²) < 4.78 is 0. The van der Waals surface area contributed by atoms with Crippen LogP contribution in [0.1, 0.15) is 36.8 Å². The predicted octanol–water partition coefficient (Wildman–Crippen LogP) is 2.51. The minimum atomic E-state index is 0.179. The number of aliphatic hydroxyl groups is 1. The molecule has 1 N–H and O–H groups in total. The van der Waals surface area contributed by atoms with Gasteiger partial charge in [0.15, 0.2) is 0 Å². The number of nitrogens with zero attached hydrogens (tertiary/aromatic N) is 2. The summed E-state index contributed by atoms with van der Waals surface area (Å²) in [5.41, 5.74) is 1.31. The van der Waals surface area contributed by atoms with Crippen LogP contribution in [-0.4, -0.2) is 53.7 Å². The van der Waals surface area contributed by atoms with Gasteiger partial charge in [-0.3, -0.25) is 4.90 Å². The Kier molecular flexibility index (Phi) is 5.39. The van der Waals surface area contributed by atoms with E-state index in [0.717, 1.165) is 19.6 Å². The number of piperazine rings is 1. The Labute approximate surface area is 120 Å². The van der Waals surface area contributed by atoms with Gasteiger partial charge in [0.05, 0.1) is 12.6 Å². The number of aliphatic hydroxyl groups excluding tert-OH is 1. The molecule has 2 heterocycles. The third-order valence-electron chi connectivity index (χ3n) is 4.08. The number of hydrogen-bond acceptors (Lipinski definition) is 4. The Balaban J connectivity index is 2.06. The molecule has 1 saturated heterocycles. The van der Waals surface area contributed by atoms with Crippen molar-refractivity contribution in [2.75, 3.05) is 32.8 Å². The molecular formula is C15H26N2OS. The number of thiophene rings is 1. The summed E-state index contributed by atoms with van der Waals surface area (Å²) in [6, 6.07) is 2.85. The largest absolute Gasteiger partial charge is 0.394 e. The number of hydrogen-bond donors (Lipinski definition) is 1. The molecule has 108 valence electrons. The molecule has 2 atom stereocenters. The molecule has 1 fully saturated rings. The molecule has 19 heavy (non-hydrogen) atoms. The summed E-state index contributed by atoms with van der Waals surface area (Å²) in [6.07, 6.45) is 1.22. The summed E-state index contributed by atoms with van der Waals surface area (Å²) in [5, 5.41) is 11.9. The van der Waals surface area contributed by atoms with Crippen LogP contribution in [0, 0.1) is 6.92 Å². The zero-order chi connectivity index (χ0) is 13.8. The van der Waals surface area contributed by atoms with E-state index < -0.39 is 0 Å². The van der Waals surface area contributed by atoms with Gasteiger partial charge in [-0.1, -0.05) is 6.92 Å². The van der Waals surface area contributed by atoms with E-state index in [9.17, 15) is 5.11 Å². The highest BCUT2D eigenvalue weighted by Crippen LogP contribution is 2.31. The summed E-state index contributed by atoms with van der Waals surface area (Å²) in [7, 11) is 0. The number of rotatable bonds is 5. The van der Waals surface area contributed by atoms with Gasteiger partial charge < -0.3 is 10.0 Å². The zero-order valence-corrected chi connectivity index (χ0v) is 13.1. The van der Waals surface area contributed by atoms with Gasteiger partial charge in [0.1, 0.15) is 0 Å². The highest BCUT2D eigenvalue weighted by atomic mass is 32.1. The van der Waals surface area contributed by atoms with Crippen molar-refractivity contribution in [2.45, 2.75) is 39.3 Å². The van der Waals surface area contributed by atoms with Gasteiger partial charge in [-0.25, -0.2) is 0 Å². The van der Waals surface area contributed by atoms with Crippen LogP contribution in [0.25, 0.3) is 0 Å². The van der Waals surface area contributed by atoms with E-state index in [4.69, 9.17) is 0 Å². The van der Waals surface area contributed by atoms with Gasteiger partial charge in [-0.2, -0.15) is 0 Å². The maximum absolute atomic E-state index is 9.81. The van der Waals surface area contributed by atoms with E-state index in [2.05, 4.69) is 42.0 Å². The van der Waals surface area contributed by atoms with Crippen molar-refractivity contribution in [3.63, 3.8) is 0 Å². The van der Waals surface area contributed by atoms with Crippen molar-refractivity contribution in [1.29, 1.82) is 0 Å². The average molecular weight is 282 g/mol. The average Bonchev–Trinajstić information content (AvgIpc) is 2.80. The van der Waals surface area contributed by atoms with Gasteiger partial charge in [-0.05, 0) is 43.8 Å². The second kappa shape index (κ2) is 6.84. The Hall–Kier alpha value is -0.420. The molecule has 0 spiro atoms. The minimum absolute atomic E-state index is 0.179. The first-order chi connectivity index (χ1) is 9.17. The first-order valence-corrected chi connectivity index (χ1v) is 8.18. The highest BCUT2D eigenvalue weighted by molar-refractivity contribution is 7.10. The van der Waals surface area contributed by atoms with Crippen molar-refractivity contribution < 1.29 is 5.11 Å². The molecule has 1 aromatic rings. The molecule has 1 aromatic heterocycles. The molecule has 0 aliphatic carbocycles. The Morgan fingerprint density at radius 3 is 2.79 bits per heavy atom. The zero-order valence-electron chi connectivity index (χ0n) is 12.3. The second-order valence-corrected chi connectivity index (χ2v) is 6.50. The van der Waals surface area contributed by atoms with Crippen molar-refractivity contribution in [3.05, 3.63) is 21.9 Å². The van der Waals surface area contributed by atoms with E-state index in [1.54, 1.807) is 11.3 Å². The van der Waals surface area contributed by atoms with Crippen LogP contribution in [0.15, 0.2) is 11.4 Å². The molecule has 0 aromatic carbocycles. The molecule has 2 rings (SSSR count). The summed E-state index contributed by atoms with van der Waals surface area (Å²) in [5.74, 6) is 0. The maximum Gasteiger partial charge on any atom is 0.0680 e. The van der Waals surface area contributed by atoms with Gasteiger partial charge >= 0.3 is 0 Å². The Morgan fingerprint density at radius 1 is 1.47 bits per heavy atom. The fourth-order valence-corrected chi connectivity index (χ4v) is 4.13. The van der Waals surface area contributed by atoms with Crippen LogP contribution < -0.4 is 0 Å². The second-order valence-electron chi connectivity index (χ2n) is 5.55. The minimum Gasteiger partial charge on any atom is -0.394 e. The van der Waals surface area contributed by atoms with Crippen molar-refractivity contribution in [1.82, 2.24) is 9.80 Å². The van der Waals surface area contributed by atoms with E-state index in [1.165, 1.54) is 23.4 Å². The SMILES string of the molecule is CCCN1CCN(C(CO)c2sccc2C)C(C)C1. The van der Waals surface area contributed by atoms with Gasteiger partial charge in [0.2, 0.25) is 0 Å². The van der Waals surface area contributed by atoms with Crippen LogP contribution in [-0.2, 0) is 0 Å². The lowest BCUT2D eigenvalue weighted by atomic mass is 10.1. The van der Waals surface area contributed by atoms with Crippen molar-refractivity contribution in [3.8, 4) is 0 Å². The highest BCUT2D eigenvalue weighted by Gasteiger charge is 2.30. The lowest BCUT2D eigenvalue weighted by Gasteiger charge is -2.43. The summed E-state index contributed by atoms with van der Waals surface area (Å²) >= 11 is 1.77. The Bertz CT molecular complexity index is 393. The normalized spacial score (nSPS) is 23.7. The van der Waals surface area contributed by atoms with Crippen LogP contribution in [0.5, 0.6) is 0 Å². The fourth-order valence-electron chi connectivity index (χ4n) is 3.09. The summed E-state index contributed by atoms with van der Waals surface area (Å²) in [4.78, 5) is 6.35. The van der Waals surface area contributed by atoms with E-state index in [-0.39, 0.29) is 12.6 Å². The van der Waals surface area contributed by atoms with E-state index >= 15 is 0 Å². The van der Waals surface area contributed by atoms with Gasteiger partial charge in [-0.15, -0.1) is 11.3 Å². The number of aryl methyl sites for hydroxylation is 1. The molecule has 1 aliphatic heterocycles. The topological polar surface area (TPSA) is 26.7 Å². The van der Waals surface area contributed by atoms with Gasteiger partial charge in [0.25, 0.3) is 0 Å². The molecule has 2 unspecified atom stereocenters. The predicted molar refractivity (Wildman–Crippen MR) is 81.8 cm³/mol. The van der Waals surface area contributed by atoms with E-state index in [0.29, 0.717) is 6.04 Å². The fraction of sp³-hybridized carbons (Fsp3) is 0.733. The molecule has 3 nitrogen and oxygen atoms in total. The van der Waals surface area contributed by atoms with Gasteiger partial charge in [0, 0.05) is 30.6 Å². The molecule has 0 bridgehead atoms. The third kappa shape index (κ3) is 3.37. The Morgan fingerprint density at radius 2 is 2.26 bits per heavy atom. The maximum atomic E-state index is 9.81. The molecule has 4 heteroatoms. The van der Waals surface area contributed by atoms with E-state index in [1.807, 2.05) is 0 Å². The third-order valence-corrected chi connectivity index (χ3v) is 5.20. The lowest BCUT2D eigenvalue weighted by molar-refractivity contribution is 0.0264. The first-order valence-electron chi connectivity index (χ1n) is 7.30. The quantitative estimate of drug-likeness (QED) is 0.899. The smallest absolute Gasteiger partial charge is 0.0680 e. The van der Waals surface area contributed by atoms with Crippen LogP contribution >= 0.6 is 11.3 Å². The molecule has 1 aliphatic rings. The molecule has 0 amide bonds. The standard InChI is InChI=1S/C15H26N2OS/c1-4-6-16-7-8-17(13(3)10-16)14(11-18)15-12(2)5-9-19-15/h5,9,13-14,18H,4,6-8,10-11H2,1-3H3. The molecule has 0 saturated carbocycles. The monoisotopic (exact) mass is 282 g/mol.